The predicted molar refractivity (Wildman–Crippen MR) is 473 cm³/mol. The van der Waals surface area contributed by atoms with E-state index in [1.807, 2.05) is 4.90 Å². The van der Waals surface area contributed by atoms with Crippen molar-refractivity contribution in [2.24, 2.45) is 47.1 Å². The number of β-amino-alcohol motifs (C(OH)–C–C–N with tert-alkyl or cyclic N) is 1. The summed E-state index contributed by atoms with van der Waals surface area (Å²) in [6.45, 7) is 13.4. The van der Waals surface area contributed by atoms with Gasteiger partial charge < -0.3 is 49.7 Å². The second-order valence-electron chi connectivity index (χ2n) is 31.7. The van der Waals surface area contributed by atoms with Crippen LogP contribution >= 0.6 is 56.7 Å². The highest BCUT2D eigenvalue weighted by Crippen LogP contribution is 2.41. The van der Waals surface area contributed by atoms with E-state index in [2.05, 4.69) is 59.8 Å². The van der Waals surface area contributed by atoms with E-state index < -0.39 is 59.4 Å². The van der Waals surface area contributed by atoms with Crippen molar-refractivity contribution in [3.05, 3.63) is 174 Å². The number of rotatable bonds is 23. The van der Waals surface area contributed by atoms with Crippen molar-refractivity contribution >= 4 is 97.8 Å². The van der Waals surface area contributed by atoms with Crippen molar-refractivity contribution in [1.82, 2.24) is 84.0 Å². The van der Waals surface area contributed by atoms with Gasteiger partial charge in [-0.15, -0.1) is 56.7 Å². The molecule has 6 amide bonds. The normalized spacial score (nSPS) is 15.8. The minimum Gasteiger partial charge on any atom is -0.395 e. The van der Waals surface area contributed by atoms with Gasteiger partial charge in [0.05, 0.1) is 55.4 Å². The Morgan fingerprint density at radius 3 is 1.07 bits per heavy atom. The Bertz CT molecular complexity index is 5790. The lowest BCUT2D eigenvalue weighted by molar-refractivity contribution is -0.144. The molecule has 0 aliphatic carbocycles. The summed E-state index contributed by atoms with van der Waals surface area (Å²) in [7, 11) is 9.32. The zero-order valence-electron chi connectivity index (χ0n) is 73.7. The fourth-order valence-electron chi connectivity index (χ4n) is 15.1. The lowest BCUT2D eigenvalue weighted by Crippen LogP contribution is -2.49. The van der Waals surface area contributed by atoms with Crippen LogP contribution in [0.4, 0.5) is 75.9 Å². The Balaban J connectivity index is 0.000000161. The largest absolute Gasteiger partial charge is 0.433 e. The molecule has 1 aromatic carbocycles. The van der Waals surface area contributed by atoms with E-state index in [1.165, 1.54) is 58.7 Å². The van der Waals surface area contributed by atoms with E-state index in [9.17, 15) is 99.0 Å². The van der Waals surface area contributed by atoms with Crippen LogP contribution in [0.25, 0.3) is 52.9 Å². The number of piperidine rings is 1. The number of carbonyl (C=O) groups is 6. The zero-order valence-corrected chi connectivity index (χ0v) is 77.8. The third-order valence-electron chi connectivity index (χ3n) is 21.7. The van der Waals surface area contributed by atoms with Crippen molar-refractivity contribution in [3.8, 4) is 52.9 Å². The molecule has 726 valence electrons. The van der Waals surface area contributed by atoms with Crippen LogP contribution in [-0.4, -0.2) is 239 Å². The van der Waals surface area contributed by atoms with Gasteiger partial charge in [-0.3, -0.25) is 57.1 Å². The fraction of sp³-hybridized carbons (Fsp3) is 0.453. The molecule has 0 saturated carbocycles. The fourth-order valence-corrected chi connectivity index (χ4v) is 19.6. The maximum Gasteiger partial charge on any atom is 0.433 e. The first-order valence-electron chi connectivity index (χ1n) is 41.9. The van der Waals surface area contributed by atoms with Crippen LogP contribution in [0.2, 0.25) is 0 Å². The van der Waals surface area contributed by atoms with Gasteiger partial charge in [-0.25, -0.2) is 4.39 Å². The Morgan fingerprint density at radius 2 is 0.754 bits per heavy atom. The summed E-state index contributed by atoms with van der Waals surface area (Å²) in [5.41, 5.74) is -2.24. The third-order valence-corrected chi connectivity index (χ3v) is 27.2. The lowest BCUT2D eigenvalue weighted by Gasteiger charge is -2.36. The van der Waals surface area contributed by atoms with Gasteiger partial charge in [0.15, 0.2) is 6.29 Å². The minimum absolute atomic E-state index is 0.0541. The van der Waals surface area contributed by atoms with Gasteiger partial charge in [-0.05, 0) is 153 Å². The van der Waals surface area contributed by atoms with Gasteiger partial charge in [0.25, 0.3) is 29.5 Å². The number of hydrogen-bond donors (Lipinski definition) is 3. The summed E-state index contributed by atoms with van der Waals surface area (Å²) in [6.07, 6.45) is -18.1. The topological polar surface area (TPSA) is 274 Å². The first-order chi connectivity index (χ1) is 63.2. The summed E-state index contributed by atoms with van der Waals surface area (Å²) in [5, 5.41) is 34.0. The molecule has 0 bridgehead atoms. The first kappa shape index (κ1) is 104. The number of nitrogens with zero attached hydrogens (tertiary/aromatic N) is 16. The molecule has 0 radical (unpaired) electrons. The van der Waals surface area contributed by atoms with Gasteiger partial charge in [0, 0.05) is 166 Å². The van der Waals surface area contributed by atoms with Crippen molar-refractivity contribution in [2.75, 3.05) is 124 Å². The average molecular weight is 1990 g/mol. The average Bonchev–Trinajstić information content (AvgIpc) is 1.66. The van der Waals surface area contributed by atoms with E-state index in [4.69, 9.17) is 14.6 Å². The van der Waals surface area contributed by atoms with Gasteiger partial charge in [0.1, 0.15) is 62.8 Å². The van der Waals surface area contributed by atoms with E-state index in [0.29, 0.717) is 165 Å². The maximum atomic E-state index is 13.1. The number of benzene rings is 1. The summed E-state index contributed by atoms with van der Waals surface area (Å²) >= 11 is 5.65. The van der Waals surface area contributed by atoms with E-state index in [1.54, 1.807) is 102 Å². The number of aliphatic hydroxyl groups excluding tert-OH is 1. The number of piperazine rings is 2. The smallest absolute Gasteiger partial charge is 0.395 e. The number of halogens is 16. The van der Waals surface area contributed by atoms with Crippen LogP contribution in [0.15, 0.2) is 115 Å². The molecule has 3 N–H and O–H groups in total. The molecule has 0 spiro atoms. The second kappa shape index (κ2) is 44.7. The zero-order chi connectivity index (χ0) is 97.6. The molecule has 48 heteroatoms. The number of nitrogens with one attached hydrogen (secondary N) is 2. The number of thiophene rings is 5. The van der Waals surface area contributed by atoms with E-state index >= 15 is 0 Å². The molecule has 2 atom stereocenters. The Morgan fingerprint density at radius 1 is 0.433 bits per heavy atom. The van der Waals surface area contributed by atoms with Gasteiger partial charge >= 0.3 is 30.9 Å². The molecule has 4 aliphatic rings. The standard InChI is InChI=1S/C20H18F4N4OS.C17H19F3N4O2S.C17H20F3N3OS.C16H19F3N4O2S.C16H20F3N3O3S/c1-26-18(20(22,23)24)12-15(25-26)16-6-7-17(30-16)19(29)28-10-8-27(9-11-28)14-4-2-13(21)3-5-14;1-23-14(17(18,19)20)10-11(22-23)12-5-6-13(27-12)16(26)21-7-3-9-24-8-2-4-15(24)25;1-10-6-11(2)9-23(8-10)16(24)14-5-4-13(25-14)12-7-15(17(18,19)20)22(3)21-12;1-21-14(16(17,18)19)10-11(20-21)12-2-3-13(26-12)15(25)23-6-4-22(5-7-23)8-9-24;1-22-13(16(17,18)19)9-10(21-22)11-6-7-12(26-11)15(23)20-8-4-5-14(24-2)25-3/h2-7,12H,8-11H2,1H3;5-6,10H,2-4,7-9H2,1H3,(H,21,26);4-5,7,10-11H,6,8-9H2,1-3H3;2-3,10,24H,4-9H2,1H3;6-7,9,14H,4-5,8H2,1-3H3,(H,20,23). The molecule has 4 fully saturated rings. The maximum absolute atomic E-state index is 13.1. The summed E-state index contributed by atoms with van der Waals surface area (Å²) in [4.78, 5) is 90.1. The number of methoxy groups -OCH3 is 2. The van der Waals surface area contributed by atoms with Crippen LogP contribution in [0.1, 0.15) is 129 Å². The van der Waals surface area contributed by atoms with Crippen molar-refractivity contribution in [2.45, 2.75) is 89.5 Å². The molecule has 134 heavy (non-hydrogen) atoms. The Labute approximate surface area is 778 Å². The number of ether oxygens (including phenoxy) is 2. The predicted octanol–water partition coefficient (Wildman–Crippen LogP) is 16.7. The van der Waals surface area contributed by atoms with Crippen LogP contribution in [-0.2, 0) is 80.4 Å². The molecular weight excluding hydrogens is 1890 g/mol. The van der Waals surface area contributed by atoms with Crippen molar-refractivity contribution in [1.29, 1.82) is 0 Å². The summed E-state index contributed by atoms with van der Waals surface area (Å²) in [5.74, 6) is -0.135. The summed E-state index contributed by atoms with van der Waals surface area (Å²) in [6, 6.07) is 27.3. The number of amides is 6. The van der Waals surface area contributed by atoms with Crippen LogP contribution in [0.5, 0.6) is 0 Å². The lowest BCUT2D eigenvalue weighted by atomic mass is 9.92. The highest BCUT2D eigenvalue weighted by molar-refractivity contribution is 7.18. The number of hydrogen-bond acceptors (Lipinski definition) is 21. The van der Waals surface area contributed by atoms with Gasteiger partial charge in [-0.1, -0.05) is 13.8 Å². The third kappa shape index (κ3) is 27.3. The molecule has 15 rings (SSSR count). The SMILES string of the molecule is CC1CC(C)CN(C(=O)c2ccc(-c3cc(C(F)(F)F)n(C)n3)s2)C1.COC(CCCNC(=O)c1ccc(-c2cc(C(F)(F)F)n(C)n2)s1)OC.Cn1nc(-c2ccc(C(=O)N3CCN(CCO)CC3)s2)cc1C(F)(F)F.Cn1nc(-c2ccc(C(=O)N3CCN(c4ccc(F)cc4)CC3)s2)cc1C(F)(F)F.Cn1nc(-c2ccc(C(=O)NCCCN3CCCC3=O)s2)cc1C(F)(F)F. The molecule has 10 aromatic heterocycles. The molecule has 14 heterocycles. The minimum atomic E-state index is -4.49. The van der Waals surface area contributed by atoms with Crippen LogP contribution in [0.3, 0.4) is 0 Å². The molecule has 4 aliphatic heterocycles. The number of carbonyl (C=O) groups excluding carboxylic acids is 6. The van der Waals surface area contributed by atoms with Crippen molar-refractivity contribution in [3.63, 3.8) is 0 Å². The van der Waals surface area contributed by atoms with Gasteiger partial charge in [0.2, 0.25) is 5.91 Å². The van der Waals surface area contributed by atoms with Gasteiger partial charge in [-0.2, -0.15) is 91.3 Å². The second-order valence-corrected chi connectivity index (χ2v) is 37.1. The molecule has 11 aromatic rings. The molecule has 4 saturated heterocycles. The van der Waals surface area contributed by atoms with Crippen molar-refractivity contribution < 1.29 is 114 Å². The molecule has 27 nitrogen and oxygen atoms in total. The number of aromatic nitrogens is 10. The number of alkyl halides is 15. The van der Waals surface area contributed by atoms with E-state index in [0.717, 1.165) is 137 Å². The summed E-state index contributed by atoms with van der Waals surface area (Å²) < 4.78 is 221. The molecule has 2 unspecified atom stereocenters. The molecular formula is C86H96F16N18O9S5. The monoisotopic (exact) mass is 1990 g/mol. The van der Waals surface area contributed by atoms with Crippen LogP contribution < -0.4 is 15.5 Å². The van der Waals surface area contributed by atoms with E-state index in [-0.39, 0.29) is 82.6 Å². The number of likely N-dealkylation sites (tertiary alicyclic amines) is 2. The highest BCUT2D eigenvalue weighted by Gasteiger charge is 2.41. The Hall–Kier alpha value is -10.9. The highest BCUT2D eigenvalue weighted by atomic mass is 32.1. The number of aliphatic hydroxyl groups is 1. The number of anilines is 1. The van der Waals surface area contributed by atoms with Crippen LogP contribution in [0, 0.1) is 17.7 Å². The number of aryl methyl sites for hydroxylation is 5. The Kier molecular flexibility index (Phi) is 34.6. The first-order valence-corrected chi connectivity index (χ1v) is 45.9. The quantitative estimate of drug-likeness (QED) is 0.0305.